The lowest BCUT2D eigenvalue weighted by Gasteiger charge is -2.34. The first-order valence-corrected chi connectivity index (χ1v) is 14.8. The molecule has 0 spiro atoms. The van der Waals surface area contributed by atoms with E-state index in [1.165, 1.54) is 0 Å². The van der Waals surface area contributed by atoms with Gasteiger partial charge in [-0.3, -0.25) is 14.5 Å². The molecule has 0 saturated carbocycles. The fourth-order valence-electron chi connectivity index (χ4n) is 5.14. The number of piperazine rings is 1. The lowest BCUT2D eigenvalue weighted by molar-refractivity contribution is -0.132. The number of nitrogens with one attached hydrogen (secondary N) is 1. The SMILES string of the molecule is O=C(Cc1ccccc1)C[C@H](CNc1nc(CN2CCN(C(=O)Cc3ccccc3)CC2)cs1)c1ccccc1. The summed E-state index contributed by atoms with van der Waals surface area (Å²) in [5.41, 5.74) is 4.31. The van der Waals surface area contributed by atoms with Gasteiger partial charge in [-0.05, 0) is 16.7 Å². The Morgan fingerprint density at radius 1 is 0.800 bits per heavy atom. The monoisotopic (exact) mass is 552 g/mol. The number of Topliss-reactive ketones (excluding diaryl/α,β-unsaturated/α-hetero) is 1. The molecule has 1 saturated heterocycles. The van der Waals surface area contributed by atoms with E-state index in [4.69, 9.17) is 4.98 Å². The topological polar surface area (TPSA) is 65.5 Å². The third-order valence-electron chi connectivity index (χ3n) is 7.35. The normalized spacial score (nSPS) is 14.6. The van der Waals surface area contributed by atoms with Crippen molar-refractivity contribution in [3.8, 4) is 0 Å². The van der Waals surface area contributed by atoms with E-state index in [2.05, 4.69) is 27.7 Å². The molecular formula is C33H36N4O2S. The van der Waals surface area contributed by atoms with Gasteiger partial charge in [0.25, 0.3) is 0 Å². The van der Waals surface area contributed by atoms with E-state index in [0.717, 1.165) is 60.2 Å². The van der Waals surface area contributed by atoms with Gasteiger partial charge in [-0.15, -0.1) is 11.3 Å². The van der Waals surface area contributed by atoms with Gasteiger partial charge in [0, 0.05) is 63.4 Å². The van der Waals surface area contributed by atoms with Gasteiger partial charge in [0.15, 0.2) is 5.13 Å². The molecule has 3 aromatic carbocycles. The number of benzene rings is 3. The first-order valence-electron chi connectivity index (χ1n) is 14.0. The second kappa shape index (κ2) is 14.0. The average molecular weight is 553 g/mol. The van der Waals surface area contributed by atoms with Crippen molar-refractivity contribution < 1.29 is 9.59 Å². The Hall–Kier alpha value is -3.81. The maximum absolute atomic E-state index is 12.9. The number of carbonyl (C=O) groups is 2. The number of hydrogen-bond acceptors (Lipinski definition) is 6. The fourth-order valence-corrected chi connectivity index (χ4v) is 5.85. The second-order valence-corrected chi connectivity index (χ2v) is 11.2. The molecule has 2 heterocycles. The highest BCUT2D eigenvalue weighted by molar-refractivity contribution is 7.13. The molecule has 6 nitrogen and oxygen atoms in total. The third kappa shape index (κ3) is 8.10. The molecule has 1 fully saturated rings. The van der Waals surface area contributed by atoms with Crippen LogP contribution < -0.4 is 5.32 Å². The van der Waals surface area contributed by atoms with E-state index in [-0.39, 0.29) is 17.6 Å². The van der Waals surface area contributed by atoms with Crippen molar-refractivity contribution in [2.24, 2.45) is 0 Å². The number of amides is 1. The summed E-state index contributed by atoms with van der Waals surface area (Å²) >= 11 is 1.61. The van der Waals surface area contributed by atoms with Crippen LogP contribution in [-0.2, 0) is 29.0 Å². The maximum Gasteiger partial charge on any atom is 0.227 e. The molecule has 4 aromatic rings. The molecule has 0 aliphatic carbocycles. The maximum atomic E-state index is 12.9. The van der Waals surface area contributed by atoms with Crippen LogP contribution in [0.1, 0.15) is 34.7 Å². The van der Waals surface area contributed by atoms with E-state index in [1.54, 1.807) is 11.3 Å². The molecule has 206 valence electrons. The smallest absolute Gasteiger partial charge is 0.227 e. The van der Waals surface area contributed by atoms with Crippen molar-refractivity contribution in [2.45, 2.75) is 31.7 Å². The molecule has 0 unspecified atom stereocenters. The fraction of sp³-hybridized carbons (Fsp3) is 0.303. The van der Waals surface area contributed by atoms with E-state index in [9.17, 15) is 9.59 Å². The van der Waals surface area contributed by atoms with Crippen molar-refractivity contribution in [1.82, 2.24) is 14.8 Å². The Bertz CT molecular complexity index is 1350. The molecule has 5 rings (SSSR count). The molecular weight excluding hydrogens is 516 g/mol. The first kappa shape index (κ1) is 27.7. The molecule has 40 heavy (non-hydrogen) atoms. The summed E-state index contributed by atoms with van der Waals surface area (Å²) in [5, 5.41) is 6.48. The molecule has 1 amide bonds. The largest absolute Gasteiger partial charge is 0.361 e. The van der Waals surface area contributed by atoms with Crippen molar-refractivity contribution in [3.63, 3.8) is 0 Å². The van der Waals surface area contributed by atoms with Crippen LogP contribution in [0.15, 0.2) is 96.4 Å². The highest BCUT2D eigenvalue weighted by Crippen LogP contribution is 2.24. The van der Waals surface area contributed by atoms with Gasteiger partial charge in [0.1, 0.15) is 5.78 Å². The lowest BCUT2D eigenvalue weighted by atomic mass is 9.92. The van der Waals surface area contributed by atoms with Crippen LogP contribution >= 0.6 is 11.3 Å². The standard InChI is InChI=1S/C33H36N4O2S/c38-31(20-26-10-4-1-5-11-26)22-29(28-14-8-3-9-15-28)23-34-33-35-30(25-40-33)24-36-16-18-37(19-17-36)32(39)21-27-12-6-2-7-13-27/h1-15,25,29H,16-24H2,(H,34,35)/t29-/m1/s1. The van der Waals surface area contributed by atoms with Crippen molar-refractivity contribution in [3.05, 3.63) is 119 Å². The third-order valence-corrected chi connectivity index (χ3v) is 8.20. The summed E-state index contributed by atoms with van der Waals surface area (Å²) in [5.74, 6) is 0.510. The molecule has 1 aromatic heterocycles. The minimum absolute atomic E-state index is 0.0752. The number of aromatic nitrogens is 1. The number of carbonyl (C=O) groups excluding carboxylic acids is 2. The Kier molecular flexibility index (Phi) is 9.72. The van der Waals surface area contributed by atoms with Crippen LogP contribution in [0.4, 0.5) is 5.13 Å². The minimum atomic E-state index is 0.0752. The Labute approximate surface area is 240 Å². The number of thiazole rings is 1. The first-order chi connectivity index (χ1) is 19.6. The summed E-state index contributed by atoms with van der Waals surface area (Å²) in [6, 6.07) is 30.1. The van der Waals surface area contributed by atoms with Gasteiger partial charge in [-0.2, -0.15) is 0 Å². The summed E-state index contributed by atoms with van der Waals surface area (Å²) in [4.78, 5) is 34.8. The summed E-state index contributed by atoms with van der Waals surface area (Å²) < 4.78 is 0. The van der Waals surface area contributed by atoms with Crippen LogP contribution in [0.2, 0.25) is 0 Å². The highest BCUT2D eigenvalue weighted by Gasteiger charge is 2.22. The van der Waals surface area contributed by atoms with E-state index < -0.39 is 0 Å². The zero-order valence-electron chi connectivity index (χ0n) is 22.7. The summed E-state index contributed by atoms with van der Waals surface area (Å²) in [6.07, 6.45) is 1.40. The molecule has 0 bridgehead atoms. The number of rotatable bonds is 12. The van der Waals surface area contributed by atoms with E-state index in [0.29, 0.717) is 25.8 Å². The van der Waals surface area contributed by atoms with Gasteiger partial charge in [-0.1, -0.05) is 91.0 Å². The Morgan fingerprint density at radius 3 is 2.05 bits per heavy atom. The van der Waals surface area contributed by atoms with Crippen LogP contribution in [0.5, 0.6) is 0 Å². The van der Waals surface area contributed by atoms with Crippen molar-refractivity contribution in [1.29, 1.82) is 0 Å². The molecule has 0 radical (unpaired) electrons. The second-order valence-electron chi connectivity index (χ2n) is 10.4. The average Bonchev–Trinajstić information content (AvgIpc) is 3.44. The number of ketones is 1. The van der Waals surface area contributed by atoms with Gasteiger partial charge < -0.3 is 10.2 Å². The summed E-state index contributed by atoms with van der Waals surface area (Å²) in [7, 11) is 0. The Balaban J connectivity index is 1.10. The number of nitrogens with zero attached hydrogens (tertiary/aromatic N) is 3. The predicted octanol–water partition coefficient (Wildman–Crippen LogP) is 5.43. The van der Waals surface area contributed by atoms with Gasteiger partial charge >= 0.3 is 0 Å². The van der Waals surface area contributed by atoms with E-state index in [1.807, 2.05) is 83.8 Å². The zero-order valence-corrected chi connectivity index (χ0v) is 23.6. The quantitative estimate of drug-likeness (QED) is 0.254. The van der Waals surface area contributed by atoms with Crippen molar-refractivity contribution >= 4 is 28.2 Å². The highest BCUT2D eigenvalue weighted by atomic mass is 32.1. The number of hydrogen-bond donors (Lipinski definition) is 1. The van der Waals surface area contributed by atoms with Crippen LogP contribution in [0.3, 0.4) is 0 Å². The molecule has 1 aliphatic heterocycles. The van der Waals surface area contributed by atoms with Gasteiger partial charge in [0.05, 0.1) is 12.1 Å². The predicted molar refractivity (Wildman–Crippen MR) is 162 cm³/mol. The van der Waals surface area contributed by atoms with E-state index >= 15 is 0 Å². The van der Waals surface area contributed by atoms with Gasteiger partial charge in [0.2, 0.25) is 5.91 Å². The Morgan fingerprint density at radius 2 is 1.40 bits per heavy atom. The number of anilines is 1. The van der Waals surface area contributed by atoms with Gasteiger partial charge in [-0.25, -0.2) is 4.98 Å². The zero-order chi connectivity index (χ0) is 27.6. The van der Waals surface area contributed by atoms with Crippen LogP contribution in [0, 0.1) is 0 Å². The molecule has 1 atom stereocenters. The summed E-state index contributed by atoms with van der Waals surface area (Å²) in [6.45, 7) is 4.62. The molecule has 1 aliphatic rings. The van der Waals surface area contributed by atoms with Crippen molar-refractivity contribution in [2.75, 3.05) is 38.0 Å². The lowest BCUT2D eigenvalue weighted by Crippen LogP contribution is -2.48. The molecule has 7 heteroatoms. The molecule has 1 N–H and O–H groups in total. The van der Waals surface area contributed by atoms with Crippen LogP contribution in [0.25, 0.3) is 0 Å². The minimum Gasteiger partial charge on any atom is -0.361 e. The van der Waals surface area contributed by atoms with Crippen LogP contribution in [-0.4, -0.2) is 59.2 Å².